The van der Waals surface area contributed by atoms with Crippen molar-refractivity contribution in [2.45, 2.75) is 46.2 Å². The van der Waals surface area contributed by atoms with Crippen molar-refractivity contribution in [1.29, 1.82) is 0 Å². The van der Waals surface area contributed by atoms with Crippen LogP contribution < -0.4 is 11.5 Å². The maximum atomic E-state index is 13.5. The number of aromatic nitrogens is 2. The first-order chi connectivity index (χ1) is 17.3. The predicted octanol–water partition coefficient (Wildman–Crippen LogP) is 3.47. The lowest BCUT2D eigenvalue weighted by Crippen LogP contribution is -2.27. The second-order valence-electron chi connectivity index (χ2n) is 8.11. The number of hydrogen-bond donors (Lipinski definition) is 2. The lowest BCUT2D eigenvalue weighted by molar-refractivity contribution is -0.144. The Morgan fingerprint density at radius 2 is 1.72 bits per heavy atom. The summed E-state index contributed by atoms with van der Waals surface area (Å²) >= 11 is 0. The van der Waals surface area contributed by atoms with E-state index in [1.165, 1.54) is 0 Å². The number of ether oxygens (including phenoxy) is 1. The molecule has 1 aromatic heterocycles. The van der Waals surface area contributed by atoms with Gasteiger partial charge in [0, 0.05) is 24.0 Å². The zero-order chi connectivity index (χ0) is 26.4. The van der Waals surface area contributed by atoms with E-state index in [2.05, 4.69) is 16.5 Å². The van der Waals surface area contributed by atoms with Crippen LogP contribution in [-0.2, 0) is 27.4 Å². The van der Waals surface area contributed by atoms with Crippen molar-refractivity contribution in [2.24, 2.45) is 5.73 Å². The first kappa shape index (κ1) is 26.3. The molecule has 0 bridgehead atoms. The second kappa shape index (κ2) is 11.4. The number of hydrogen-bond acceptors (Lipinski definition) is 7. The van der Waals surface area contributed by atoms with Gasteiger partial charge in [0.2, 0.25) is 11.9 Å². The standard InChI is InChI=1S/C25H25N5O4.C2H6/c1-3-34-24(33)18(10-14(2)22(26)31)15-8-9-20-19(11-15)21(29-25(27)28-20)23(32)30-12-16-6-4-5-7-17(16)13-30;1-2/h4-9,11,18H,2-3,10,12-13H2,1H3,(H2,26,31)(H2,27,28,29);1-2H3. The monoisotopic (exact) mass is 489 g/mol. The zero-order valence-corrected chi connectivity index (χ0v) is 20.8. The Labute approximate surface area is 210 Å². The van der Waals surface area contributed by atoms with Gasteiger partial charge in [0.25, 0.3) is 5.91 Å². The number of carbonyl (C=O) groups is 3. The molecule has 4 rings (SSSR count). The molecular formula is C27H31N5O4. The fourth-order valence-electron chi connectivity index (χ4n) is 4.10. The molecule has 0 aliphatic carbocycles. The van der Waals surface area contributed by atoms with Gasteiger partial charge in [-0.05, 0) is 42.2 Å². The Bertz CT molecular complexity index is 1300. The molecule has 1 unspecified atom stereocenters. The first-order valence-electron chi connectivity index (χ1n) is 11.9. The SMILES string of the molecule is C=C(CC(C(=O)OCC)c1ccc2nc(N)nc(C(=O)N3Cc4ccccc4C3)c2c1)C(N)=O.CC. The average molecular weight is 490 g/mol. The molecule has 1 atom stereocenters. The first-order valence-corrected chi connectivity index (χ1v) is 11.9. The van der Waals surface area contributed by atoms with Gasteiger partial charge in [-0.3, -0.25) is 14.4 Å². The molecule has 188 valence electrons. The van der Waals surface area contributed by atoms with E-state index in [9.17, 15) is 14.4 Å². The minimum atomic E-state index is -0.833. The molecule has 1 aliphatic rings. The van der Waals surface area contributed by atoms with Crippen LogP contribution in [0.25, 0.3) is 10.9 Å². The number of nitrogen functional groups attached to an aromatic ring is 1. The summed E-state index contributed by atoms with van der Waals surface area (Å²) in [7, 11) is 0. The number of benzene rings is 2. The largest absolute Gasteiger partial charge is 0.466 e. The van der Waals surface area contributed by atoms with Crippen molar-refractivity contribution in [3.8, 4) is 0 Å². The van der Waals surface area contributed by atoms with Gasteiger partial charge < -0.3 is 21.1 Å². The van der Waals surface area contributed by atoms with Crippen LogP contribution in [0.4, 0.5) is 5.95 Å². The Kier molecular flexibility index (Phi) is 8.37. The lowest BCUT2D eigenvalue weighted by Gasteiger charge is -2.19. The third-order valence-corrected chi connectivity index (χ3v) is 5.84. The minimum Gasteiger partial charge on any atom is -0.466 e. The van der Waals surface area contributed by atoms with Gasteiger partial charge in [0.15, 0.2) is 0 Å². The highest BCUT2D eigenvalue weighted by molar-refractivity contribution is 6.05. The van der Waals surface area contributed by atoms with Crippen LogP contribution in [0.5, 0.6) is 0 Å². The highest BCUT2D eigenvalue weighted by Crippen LogP contribution is 2.30. The Morgan fingerprint density at radius 3 is 2.31 bits per heavy atom. The van der Waals surface area contributed by atoms with Crippen molar-refractivity contribution < 1.29 is 19.1 Å². The van der Waals surface area contributed by atoms with Gasteiger partial charge >= 0.3 is 5.97 Å². The van der Waals surface area contributed by atoms with E-state index in [0.29, 0.717) is 29.6 Å². The third-order valence-electron chi connectivity index (χ3n) is 5.84. The van der Waals surface area contributed by atoms with E-state index in [0.717, 1.165) is 11.1 Å². The number of rotatable bonds is 7. The summed E-state index contributed by atoms with van der Waals surface area (Å²) in [5.74, 6) is -2.37. The number of fused-ring (bicyclic) bond motifs is 2. The molecule has 0 fully saturated rings. The molecule has 0 saturated heterocycles. The van der Waals surface area contributed by atoms with Crippen LogP contribution in [0.2, 0.25) is 0 Å². The van der Waals surface area contributed by atoms with E-state index in [1.54, 1.807) is 30.0 Å². The Balaban J connectivity index is 0.00000176. The quantitative estimate of drug-likeness (QED) is 0.382. The van der Waals surface area contributed by atoms with Gasteiger partial charge in [-0.25, -0.2) is 9.97 Å². The van der Waals surface area contributed by atoms with Gasteiger partial charge in [0.1, 0.15) is 5.69 Å². The van der Waals surface area contributed by atoms with Crippen LogP contribution in [0.15, 0.2) is 54.6 Å². The van der Waals surface area contributed by atoms with Crippen molar-refractivity contribution in [2.75, 3.05) is 12.3 Å². The molecule has 2 aromatic carbocycles. The molecule has 1 aliphatic heterocycles. The molecule has 0 spiro atoms. The molecule has 9 heteroatoms. The predicted molar refractivity (Wildman–Crippen MR) is 138 cm³/mol. The summed E-state index contributed by atoms with van der Waals surface area (Å²) < 4.78 is 5.21. The average Bonchev–Trinajstić information content (AvgIpc) is 3.31. The van der Waals surface area contributed by atoms with Crippen molar-refractivity contribution >= 4 is 34.6 Å². The number of carbonyl (C=O) groups excluding carboxylic acids is 3. The molecule has 0 saturated carbocycles. The van der Waals surface area contributed by atoms with Crippen molar-refractivity contribution in [3.05, 3.63) is 77.0 Å². The maximum Gasteiger partial charge on any atom is 0.313 e. The third kappa shape index (κ3) is 5.51. The van der Waals surface area contributed by atoms with Crippen molar-refractivity contribution in [1.82, 2.24) is 14.9 Å². The van der Waals surface area contributed by atoms with E-state index in [-0.39, 0.29) is 36.2 Å². The second-order valence-corrected chi connectivity index (χ2v) is 8.11. The molecule has 2 heterocycles. The van der Waals surface area contributed by atoms with Crippen LogP contribution >= 0.6 is 0 Å². The highest BCUT2D eigenvalue weighted by atomic mass is 16.5. The van der Waals surface area contributed by atoms with E-state index < -0.39 is 17.8 Å². The summed E-state index contributed by atoms with van der Waals surface area (Å²) in [6, 6.07) is 12.9. The summed E-state index contributed by atoms with van der Waals surface area (Å²) in [4.78, 5) is 47.9. The molecule has 0 radical (unpaired) electrons. The fourth-order valence-corrected chi connectivity index (χ4v) is 4.10. The topological polar surface area (TPSA) is 141 Å². The molecule has 36 heavy (non-hydrogen) atoms. The summed E-state index contributed by atoms with van der Waals surface area (Å²) in [5.41, 5.74) is 14.6. The zero-order valence-electron chi connectivity index (χ0n) is 20.8. The number of amides is 2. The molecule has 3 aromatic rings. The molecule has 4 N–H and O–H groups in total. The van der Waals surface area contributed by atoms with E-state index in [4.69, 9.17) is 16.2 Å². The van der Waals surface area contributed by atoms with Gasteiger partial charge in [-0.1, -0.05) is 50.8 Å². The van der Waals surface area contributed by atoms with E-state index in [1.807, 2.05) is 38.1 Å². The van der Waals surface area contributed by atoms with E-state index >= 15 is 0 Å². The number of nitrogens with two attached hydrogens (primary N) is 2. The normalized spacial score (nSPS) is 12.8. The van der Waals surface area contributed by atoms with Gasteiger partial charge in [-0.15, -0.1) is 0 Å². The Hall–Kier alpha value is -4.27. The number of primary amides is 1. The van der Waals surface area contributed by atoms with Crippen LogP contribution in [0, 0.1) is 0 Å². The van der Waals surface area contributed by atoms with Crippen LogP contribution in [0.3, 0.4) is 0 Å². The number of anilines is 1. The minimum absolute atomic E-state index is 0.0137. The summed E-state index contributed by atoms with van der Waals surface area (Å²) in [6.45, 7) is 10.5. The number of esters is 1. The molecule has 9 nitrogen and oxygen atoms in total. The van der Waals surface area contributed by atoms with Gasteiger partial charge in [0.05, 0.1) is 18.0 Å². The summed E-state index contributed by atoms with van der Waals surface area (Å²) in [5, 5.41) is 0.451. The van der Waals surface area contributed by atoms with Crippen LogP contribution in [-0.4, -0.2) is 39.3 Å². The lowest BCUT2D eigenvalue weighted by atomic mass is 9.91. The number of nitrogens with zero attached hydrogens (tertiary/aromatic N) is 3. The molecule has 2 amide bonds. The van der Waals surface area contributed by atoms with Gasteiger partial charge in [-0.2, -0.15) is 0 Å². The smallest absolute Gasteiger partial charge is 0.313 e. The van der Waals surface area contributed by atoms with Crippen molar-refractivity contribution in [3.63, 3.8) is 0 Å². The fraction of sp³-hybridized carbons (Fsp3) is 0.296. The maximum absolute atomic E-state index is 13.5. The van der Waals surface area contributed by atoms with Crippen LogP contribution in [0.1, 0.15) is 60.3 Å². The molecular weight excluding hydrogens is 458 g/mol. The summed E-state index contributed by atoms with van der Waals surface area (Å²) in [6.07, 6.45) is -0.0137. The Morgan fingerprint density at radius 1 is 1.08 bits per heavy atom. The highest BCUT2D eigenvalue weighted by Gasteiger charge is 2.29.